The molecule has 1 aliphatic heterocycles. The Bertz CT molecular complexity index is 569. The van der Waals surface area contributed by atoms with Crippen molar-refractivity contribution in [1.82, 2.24) is 25.0 Å². The zero-order valence-corrected chi connectivity index (χ0v) is 19.5. The first-order valence-corrected chi connectivity index (χ1v) is 10.3. The second-order valence-electron chi connectivity index (χ2n) is 7.04. The van der Waals surface area contributed by atoms with Crippen LogP contribution in [0.2, 0.25) is 0 Å². The summed E-state index contributed by atoms with van der Waals surface area (Å²) in [6.45, 7) is 9.63. The highest BCUT2D eigenvalue weighted by atomic mass is 127. The van der Waals surface area contributed by atoms with Crippen LogP contribution in [-0.4, -0.2) is 52.3 Å². The molecule has 0 aromatic carbocycles. The van der Waals surface area contributed by atoms with E-state index in [1.807, 2.05) is 6.08 Å². The monoisotopic (exact) mass is 488 g/mol. The van der Waals surface area contributed by atoms with Gasteiger partial charge in [0.25, 0.3) is 0 Å². The van der Waals surface area contributed by atoms with Crippen molar-refractivity contribution in [3.8, 4) is 0 Å². The first kappa shape index (κ1) is 23.9. The Hall–Kier alpha value is -1.12. The van der Waals surface area contributed by atoms with Gasteiger partial charge in [0.05, 0.1) is 0 Å². The molecule has 7 heteroatoms. The van der Waals surface area contributed by atoms with Crippen molar-refractivity contribution < 1.29 is 0 Å². The lowest BCUT2D eigenvalue weighted by molar-refractivity contribution is 0.455. The predicted molar refractivity (Wildman–Crippen MR) is 124 cm³/mol. The van der Waals surface area contributed by atoms with Gasteiger partial charge in [0.1, 0.15) is 11.6 Å². The fourth-order valence-corrected chi connectivity index (χ4v) is 3.38. The van der Waals surface area contributed by atoms with Gasteiger partial charge >= 0.3 is 0 Å². The van der Waals surface area contributed by atoms with Crippen LogP contribution in [0.3, 0.4) is 0 Å². The second-order valence-corrected chi connectivity index (χ2v) is 7.04. The highest BCUT2D eigenvalue weighted by Gasteiger charge is 2.14. The van der Waals surface area contributed by atoms with Crippen LogP contribution in [0.5, 0.6) is 0 Å². The van der Waals surface area contributed by atoms with E-state index in [0.29, 0.717) is 0 Å². The van der Waals surface area contributed by atoms with E-state index in [0.717, 1.165) is 63.0 Å². The third-order valence-electron chi connectivity index (χ3n) is 4.88. The van der Waals surface area contributed by atoms with Crippen molar-refractivity contribution in [3.05, 3.63) is 24.3 Å². The van der Waals surface area contributed by atoms with Crippen molar-refractivity contribution in [2.75, 3.05) is 26.7 Å². The molecule has 0 atom stereocenters. The summed E-state index contributed by atoms with van der Waals surface area (Å²) >= 11 is 0. The molecule has 6 nitrogen and oxygen atoms in total. The molecule has 0 bridgehead atoms. The first-order valence-electron chi connectivity index (χ1n) is 10.3. The van der Waals surface area contributed by atoms with Crippen LogP contribution in [0.15, 0.2) is 17.6 Å². The number of nitrogens with one attached hydrogen (secondary N) is 1. The lowest BCUT2D eigenvalue weighted by atomic mass is 10.2. The van der Waals surface area contributed by atoms with Gasteiger partial charge in [0.2, 0.25) is 0 Å². The Balaban J connectivity index is 0.00000364. The highest BCUT2D eigenvalue weighted by molar-refractivity contribution is 14.0. The van der Waals surface area contributed by atoms with Crippen LogP contribution >= 0.6 is 24.0 Å². The van der Waals surface area contributed by atoms with Gasteiger partial charge < -0.3 is 14.8 Å². The number of fused-ring (bicyclic) bond motifs is 1. The lowest BCUT2D eigenvalue weighted by Crippen LogP contribution is -2.39. The molecule has 0 amide bonds. The smallest absolute Gasteiger partial charge is 0.193 e. The van der Waals surface area contributed by atoms with Gasteiger partial charge in [-0.3, -0.25) is 4.99 Å². The van der Waals surface area contributed by atoms with Crippen LogP contribution in [0.4, 0.5) is 0 Å². The molecule has 1 aliphatic rings. The Morgan fingerprint density at radius 3 is 2.89 bits per heavy atom. The third-order valence-corrected chi connectivity index (χ3v) is 4.88. The van der Waals surface area contributed by atoms with Crippen molar-refractivity contribution in [3.63, 3.8) is 0 Å². The van der Waals surface area contributed by atoms with E-state index in [9.17, 15) is 0 Å². The number of hydrogen-bond donors (Lipinski definition) is 1. The van der Waals surface area contributed by atoms with Crippen molar-refractivity contribution >= 4 is 29.9 Å². The zero-order chi connectivity index (χ0) is 18.6. The van der Waals surface area contributed by atoms with Gasteiger partial charge in [-0.2, -0.15) is 0 Å². The average molecular weight is 488 g/mol. The minimum Gasteiger partial charge on any atom is -0.357 e. The van der Waals surface area contributed by atoms with Crippen molar-refractivity contribution in [2.24, 2.45) is 4.99 Å². The quantitative estimate of drug-likeness (QED) is 0.179. The van der Waals surface area contributed by atoms with Gasteiger partial charge in [-0.15, -0.1) is 40.8 Å². The standard InChI is InChI=1S/C20H36N6.HI/c1-4-6-7-8-11-16-25(3)20(21-5-2)22-15-14-19-24-23-18-13-10-9-12-17-26(18)19;/h4H,1,5-17H2,2-3H3,(H,21,22);1H. The SMILES string of the molecule is C=CCCCCCN(C)C(=NCCc1nnc2n1CCCCC2)NCC.I. The number of aryl methyl sites for hydroxylation is 1. The fourth-order valence-electron chi connectivity index (χ4n) is 3.38. The molecule has 1 N–H and O–H groups in total. The molecule has 0 saturated carbocycles. The van der Waals surface area contributed by atoms with E-state index in [-0.39, 0.29) is 24.0 Å². The summed E-state index contributed by atoms with van der Waals surface area (Å²) in [5.41, 5.74) is 0. The van der Waals surface area contributed by atoms with Crippen LogP contribution in [0.1, 0.15) is 63.5 Å². The Morgan fingerprint density at radius 2 is 2.11 bits per heavy atom. The number of aliphatic imine (C=N–C) groups is 1. The minimum absolute atomic E-state index is 0. The summed E-state index contributed by atoms with van der Waals surface area (Å²) in [6.07, 6.45) is 12.4. The number of unbranched alkanes of at least 4 members (excludes halogenated alkanes) is 3. The Kier molecular flexibility index (Phi) is 12.4. The fraction of sp³-hybridized carbons (Fsp3) is 0.750. The molecule has 1 aromatic rings. The maximum absolute atomic E-state index is 4.81. The van der Waals surface area contributed by atoms with Crippen molar-refractivity contribution in [1.29, 1.82) is 0 Å². The number of hydrogen-bond acceptors (Lipinski definition) is 3. The van der Waals surface area contributed by atoms with Crippen LogP contribution in [-0.2, 0) is 19.4 Å². The van der Waals surface area contributed by atoms with E-state index >= 15 is 0 Å². The summed E-state index contributed by atoms with van der Waals surface area (Å²) in [5, 5.41) is 12.2. The van der Waals surface area contributed by atoms with E-state index in [4.69, 9.17) is 4.99 Å². The highest BCUT2D eigenvalue weighted by Crippen LogP contribution is 2.14. The zero-order valence-electron chi connectivity index (χ0n) is 17.1. The first-order chi connectivity index (χ1) is 12.8. The third kappa shape index (κ3) is 8.19. The number of guanidine groups is 1. The number of allylic oxidation sites excluding steroid dienone is 1. The molecular weight excluding hydrogens is 451 g/mol. The summed E-state index contributed by atoms with van der Waals surface area (Å²) in [4.78, 5) is 7.05. The molecule has 154 valence electrons. The summed E-state index contributed by atoms with van der Waals surface area (Å²) < 4.78 is 2.32. The summed E-state index contributed by atoms with van der Waals surface area (Å²) in [7, 11) is 2.12. The van der Waals surface area contributed by atoms with Gasteiger partial charge in [-0.1, -0.05) is 18.9 Å². The number of aromatic nitrogens is 3. The number of halogens is 1. The van der Waals surface area contributed by atoms with E-state index in [2.05, 4.69) is 45.5 Å². The molecule has 0 unspecified atom stereocenters. The topological polar surface area (TPSA) is 58.3 Å². The summed E-state index contributed by atoms with van der Waals surface area (Å²) in [6, 6.07) is 0. The number of nitrogens with zero attached hydrogens (tertiary/aromatic N) is 5. The van der Waals surface area contributed by atoms with Crippen LogP contribution in [0.25, 0.3) is 0 Å². The molecule has 0 fully saturated rings. The molecule has 2 heterocycles. The summed E-state index contributed by atoms with van der Waals surface area (Å²) in [5.74, 6) is 3.24. The van der Waals surface area contributed by atoms with Gasteiger partial charge in [0, 0.05) is 46.1 Å². The molecule has 0 saturated heterocycles. The van der Waals surface area contributed by atoms with Crippen molar-refractivity contribution in [2.45, 2.75) is 71.3 Å². The van der Waals surface area contributed by atoms with Gasteiger partial charge in [0.15, 0.2) is 5.96 Å². The maximum atomic E-state index is 4.81. The van der Waals surface area contributed by atoms with E-state index < -0.39 is 0 Å². The predicted octanol–water partition coefficient (Wildman–Crippen LogP) is 3.81. The van der Waals surface area contributed by atoms with Crippen LogP contribution in [0, 0.1) is 0 Å². The minimum atomic E-state index is 0. The molecule has 0 spiro atoms. The van der Waals surface area contributed by atoms with Gasteiger partial charge in [-0.05, 0) is 39.0 Å². The lowest BCUT2D eigenvalue weighted by Gasteiger charge is -2.22. The maximum Gasteiger partial charge on any atom is 0.193 e. The van der Waals surface area contributed by atoms with Crippen LogP contribution < -0.4 is 5.32 Å². The van der Waals surface area contributed by atoms with E-state index in [1.165, 1.54) is 38.5 Å². The number of rotatable bonds is 10. The Labute approximate surface area is 181 Å². The molecule has 0 aliphatic carbocycles. The largest absolute Gasteiger partial charge is 0.357 e. The normalized spacial score (nSPS) is 14.1. The second kappa shape index (κ2) is 14.0. The molecule has 0 radical (unpaired) electrons. The molecule has 2 rings (SSSR count). The average Bonchev–Trinajstić information content (AvgIpc) is 2.87. The molecule has 27 heavy (non-hydrogen) atoms. The van der Waals surface area contributed by atoms with Gasteiger partial charge in [-0.25, -0.2) is 0 Å². The van der Waals surface area contributed by atoms with E-state index in [1.54, 1.807) is 0 Å². The Morgan fingerprint density at radius 1 is 1.26 bits per heavy atom. The molecule has 1 aromatic heterocycles. The molecular formula is C20H37IN6.